The Morgan fingerprint density at radius 2 is 1.79 bits per heavy atom. The van der Waals surface area contributed by atoms with Gasteiger partial charge in [0.05, 0.1) is 25.8 Å². The average Bonchev–Trinajstić information content (AvgIpc) is 2.89. The molecule has 2 amide bonds. The van der Waals surface area contributed by atoms with Crippen molar-refractivity contribution in [2.75, 3.05) is 27.3 Å². The van der Waals surface area contributed by atoms with Crippen molar-refractivity contribution in [3.8, 4) is 11.6 Å². The number of hydrogen-bond donors (Lipinski definition) is 0. The van der Waals surface area contributed by atoms with Gasteiger partial charge in [0.2, 0.25) is 11.8 Å². The van der Waals surface area contributed by atoms with E-state index in [9.17, 15) is 9.59 Å². The molecule has 1 aliphatic heterocycles. The van der Waals surface area contributed by atoms with Gasteiger partial charge in [0.15, 0.2) is 0 Å². The number of aryl methyl sites for hydroxylation is 1. The van der Waals surface area contributed by atoms with E-state index in [1.54, 1.807) is 24.1 Å². The first kappa shape index (κ1) is 23.3. The molecule has 34 heavy (non-hydrogen) atoms. The molecule has 0 aliphatic carbocycles. The average molecular weight is 460 g/mol. The predicted octanol–water partition coefficient (Wildman–Crippen LogP) is 3.58. The lowest BCUT2D eigenvalue weighted by Crippen LogP contribution is -2.57. The zero-order chi connectivity index (χ0) is 23.9. The highest BCUT2D eigenvalue weighted by atomic mass is 16.5. The van der Waals surface area contributed by atoms with Gasteiger partial charge in [-0.1, -0.05) is 42.5 Å². The van der Waals surface area contributed by atoms with E-state index in [2.05, 4.69) is 17.1 Å². The SMILES string of the molecule is COc1cccc(CN2C(=O)CN(C(=O)c3ccc(OC)nc3)C[C@@H]2CCc2ccccc2)c1. The van der Waals surface area contributed by atoms with Crippen LogP contribution in [0.15, 0.2) is 72.9 Å². The molecule has 2 heterocycles. The number of pyridine rings is 1. The molecular formula is C27H29N3O4. The Morgan fingerprint density at radius 3 is 2.50 bits per heavy atom. The summed E-state index contributed by atoms with van der Waals surface area (Å²) in [5.74, 6) is 0.930. The number of benzene rings is 2. The summed E-state index contributed by atoms with van der Waals surface area (Å²) in [6.07, 6.45) is 3.07. The summed E-state index contributed by atoms with van der Waals surface area (Å²) in [4.78, 5) is 34.1. The van der Waals surface area contributed by atoms with Gasteiger partial charge in [0.25, 0.3) is 5.91 Å². The summed E-state index contributed by atoms with van der Waals surface area (Å²) in [6, 6.07) is 21.2. The minimum Gasteiger partial charge on any atom is -0.497 e. The van der Waals surface area contributed by atoms with Gasteiger partial charge in [-0.05, 0) is 42.2 Å². The highest BCUT2D eigenvalue weighted by Crippen LogP contribution is 2.23. The molecule has 0 bridgehead atoms. The van der Waals surface area contributed by atoms with Crippen LogP contribution in [0.2, 0.25) is 0 Å². The second-order valence-corrected chi connectivity index (χ2v) is 8.33. The first-order valence-corrected chi connectivity index (χ1v) is 11.3. The van der Waals surface area contributed by atoms with Gasteiger partial charge in [-0.15, -0.1) is 0 Å². The number of hydrogen-bond acceptors (Lipinski definition) is 5. The molecule has 1 aliphatic rings. The molecule has 7 nitrogen and oxygen atoms in total. The first-order valence-electron chi connectivity index (χ1n) is 11.3. The van der Waals surface area contributed by atoms with Crippen molar-refractivity contribution in [3.05, 3.63) is 89.6 Å². The van der Waals surface area contributed by atoms with Gasteiger partial charge in [0.1, 0.15) is 12.3 Å². The molecule has 0 spiro atoms. The number of rotatable bonds is 8. The number of ether oxygens (including phenoxy) is 2. The molecule has 1 fully saturated rings. The van der Waals surface area contributed by atoms with Gasteiger partial charge in [0, 0.05) is 25.4 Å². The van der Waals surface area contributed by atoms with E-state index in [-0.39, 0.29) is 24.4 Å². The van der Waals surface area contributed by atoms with Crippen molar-refractivity contribution in [2.24, 2.45) is 0 Å². The maximum absolute atomic E-state index is 13.3. The number of carbonyl (C=O) groups excluding carboxylic acids is 2. The molecule has 0 saturated carbocycles. The van der Waals surface area contributed by atoms with Crippen molar-refractivity contribution < 1.29 is 19.1 Å². The summed E-state index contributed by atoms with van der Waals surface area (Å²) >= 11 is 0. The van der Waals surface area contributed by atoms with Crippen LogP contribution in [0.3, 0.4) is 0 Å². The van der Waals surface area contributed by atoms with E-state index >= 15 is 0 Å². The fourth-order valence-electron chi connectivity index (χ4n) is 4.25. The van der Waals surface area contributed by atoms with Crippen LogP contribution < -0.4 is 9.47 Å². The number of amides is 2. The lowest BCUT2D eigenvalue weighted by Gasteiger charge is -2.41. The summed E-state index contributed by atoms with van der Waals surface area (Å²) in [6.45, 7) is 0.978. The van der Waals surface area contributed by atoms with Crippen LogP contribution in [0.4, 0.5) is 0 Å². The van der Waals surface area contributed by atoms with Crippen LogP contribution >= 0.6 is 0 Å². The smallest absolute Gasteiger partial charge is 0.255 e. The third-order valence-electron chi connectivity index (χ3n) is 6.09. The van der Waals surface area contributed by atoms with E-state index in [0.717, 1.165) is 24.2 Å². The fraction of sp³-hybridized carbons (Fsp3) is 0.296. The second-order valence-electron chi connectivity index (χ2n) is 8.33. The standard InChI is InChI=1S/C27H29N3O4/c1-33-24-10-6-9-21(15-24)17-30-23(13-11-20-7-4-3-5-8-20)18-29(19-26(30)31)27(32)22-12-14-25(34-2)28-16-22/h3-10,12,14-16,23H,11,13,17-19H2,1-2H3/t23-/m0/s1. The van der Waals surface area contributed by atoms with Crippen LogP contribution in [0.5, 0.6) is 11.6 Å². The Kier molecular flexibility index (Phi) is 7.42. The topological polar surface area (TPSA) is 72.0 Å². The molecular weight excluding hydrogens is 430 g/mol. The lowest BCUT2D eigenvalue weighted by molar-refractivity contribution is -0.139. The van der Waals surface area contributed by atoms with E-state index in [4.69, 9.17) is 9.47 Å². The summed E-state index contributed by atoms with van der Waals surface area (Å²) < 4.78 is 10.4. The van der Waals surface area contributed by atoms with Crippen molar-refractivity contribution in [1.29, 1.82) is 0 Å². The molecule has 7 heteroatoms. The highest BCUT2D eigenvalue weighted by molar-refractivity contribution is 5.97. The third-order valence-corrected chi connectivity index (χ3v) is 6.09. The Labute approximate surface area is 199 Å². The molecule has 1 atom stereocenters. The number of aromatic nitrogens is 1. The van der Waals surface area contributed by atoms with Crippen molar-refractivity contribution >= 4 is 11.8 Å². The Morgan fingerprint density at radius 1 is 1.00 bits per heavy atom. The van der Waals surface area contributed by atoms with Gasteiger partial charge in [-0.3, -0.25) is 9.59 Å². The summed E-state index contributed by atoms with van der Waals surface area (Å²) in [5.41, 5.74) is 2.65. The number of piperazine rings is 1. The van der Waals surface area contributed by atoms with Crippen LogP contribution in [-0.4, -0.2) is 59.9 Å². The first-order chi connectivity index (χ1) is 16.6. The van der Waals surface area contributed by atoms with Crippen LogP contribution in [0.25, 0.3) is 0 Å². The predicted molar refractivity (Wildman–Crippen MR) is 129 cm³/mol. The molecule has 2 aromatic carbocycles. The summed E-state index contributed by atoms with van der Waals surface area (Å²) in [5, 5.41) is 0. The maximum atomic E-state index is 13.3. The van der Waals surface area contributed by atoms with Gasteiger partial charge >= 0.3 is 0 Å². The fourth-order valence-corrected chi connectivity index (χ4v) is 4.25. The van der Waals surface area contributed by atoms with Crippen LogP contribution in [0.1, 0.15) is 27.9 Å². The number of methoxy groups -OCH3 is 2. The molecule has 176 valence electrons. The van der Waals surface area contributed by atoms with E-state index in [0.29, 0.717) is 24.5 Å². The molecule has 1 aromatic heterocycles. The summed E-state index contributed by atoms with van der Waals surface area (Å²) in [7, 11) is 3.16. The Bertz CT molecular complexity index is 1120. The van der Waals surface area contributed by atoms with Gasteiger partial charge in [-0.2, -0.15) is 0 Å². The zero-order valence-corrected chi connectivity index (χ0v) is 19.5. The molecule has 0 radical (unpaired) electrons. The zero-order valence-electron chi connectivity index (χ0n) is 19.5. The van der Waals surface area contributed by atoms with E-state index in [1.807, 2.05) is 47.4 Å². The highest BCUT2D eigenvalue weighted by Gasteiger charge is 2.35. The van der Waals surface area contributed by atoms with E-state index in [1.165, 1.54) is 18.9 Å². The van der Waals surface area contributed by atoms with Crippen molar-refractivity contribution in [3.63, 3.8) is 0 Å². The molecule has 0 N–H and O–H groups in total. The minimum atomic E-state index is -0.200. The van der Waals surface area contributed by atoms with Gasteiger partial charge < -0.3 is 19.3 Å². The van der Waals surface area contributed by atoms with Gasteiger partial charge in [-0.25, -0.2) is 4.98 Å². The quantitative estimate of drug-likeness (QED) is 0.515. The van der Waals surface area contributed by atoms with E-state index < -0.39 is 0 Å². The monoisotopic (exact) mass is 459 g/mol. The number of nitrogens with zero attached hydrogens (tertiary/aromatic N) is 3. The minimum absolute atomic E-state index is 0.0384. The van der Waals surface area contributed by atoms with Crippen LogP contribution in [-0.2, 0) is 17.8 Å². The number of carbonyl (C=O) groups is 2. The van der Waals surface area contributed by atoms with Crippen molar-refractivity contribution in [2.45, 2.75) is 25.4 Å². The van der Waals surface area contributed by atoms with Crippen LogP contribution in [0, 0.1) is 0 Å². The third kappa shape index (κ3) is 5.54. The van der Waals surface area contributed by atoms with Crippen molar-refractivity contribution in [1.82, 2.24) is 14.8 Å². The molecule has 1 saturated heterocycles. The lowest BCUT2D eigenvalue weighted by atomic mass is 10.00. The molecule has 3 aromatic rings. The Hall–Kier alpha value is -3.87. The maximum Gasteiger partial charge on any atom is 0.255 e. The second kappa shape index (κ2) is 10.8. The molecule has 4 rings (SSSR count). The molecule has 0 unspecified atom stereocenters. The Balaban J connectivity index is 1.54. The largest absolute Gasteiger partial charge is 0.497 e. The normalized spacial score (nSPS) is 15.8.